The number of aryl methyl sites for hydroxylation is 1. The molecule has 1 unspecified atom stereocenters. The van der Waals surface area contributed by atoms with Crippen molar-refractivity contribution in [3.8, 4) is 0 Å². The molecule has 2 aromatic heterocycles. The van der Waals surface area contributed by atoms with Crippen molar-refractivity contribution in [2.45, 2.75) is 25.8 Å². The summed E-state index contributed by atoms with van der Waals surface area (Å²) in [7, 11) is 0. The number of hydrogen-bond donors (Lipinski definition) is 2. The first-order chi connectivity index (χ1) is 12.3. The van der Waals surface area contributed by atoms with Crippen LogP contribution in [-0.4, -0.2) is 47.2 Å². The second kappa shape index (κ2) is 7.23. The molecule has 25 heavy (non-hydrogen) atoms. The van der Waals surface area contributed by atoms with Crippen molar-refractivity contribution in [1.29, 1.82) is 0 Å². The number of nitrogens with one attached hydrogen (secondary N) is 2. The van der Waals surface area contributed by atoms with E-state index in [2.05, 4.69) is 25.2 Å². The smallest absolute Gasteiger partial charge is 0.223 e. The molecule has 2 N–H and O–H groups in total. The van der Waals surface area contributed by atoms with Gasteiger partial charge in [-0.15, -0.1) is 0 Å². The third kappa shape index (κ3) is 3.66. The Morgan fingerprint density at radius 3 is 3.00 bits per heavy atom. The van der Waals surface area contributed by atoms with Crippen molar-refractivity contribution >= 4 is 11.7 Å². The molecule has 1 aliphatic carbocycles. The molecule has 1 saturated heterocycles. The predicted molar refractivity (Wildman–Crippen MR) is 93.2 cm³/mol. The molecule has 0 bridgehead atoms. The monoisotopic (exact) mass is 341 g/mol. The summed E-state index contributed by atoms with van der Waals surface area (Å²) in [6, 6.07) is 4.05. The highest BCUT2D eigenvalue weighted by atomic mass is 16.5. The second-order valence-electron chi connectivity index (χ2n) is 6.61. The number of morpholine rings is 1. The minimum atomic E-state index is 0.0218. The van der Waals surface area contributed by atoms with Gasteiger partial charge in [-0.3, -0.25) is 4.79 Å². The van der Waals surface area contributed by atoms with Crippen LogP contribution in [0.2, 0.25) is 0 Å². The maximum Gasteiger partial charge on any atom is 0.223 e. The number of rotatable bonds is 4. The van der Waals surface area contributed by atoms with Crippen LogP contribution in [0.1, 0.15) is 23.4 Å². The number of nitrogens with zero attached hydrogens (tertiary/aromatic N) is 3. The Hall–Kier alpha value is -2.41. The zero-order valence-corrected chi connectivity index (χ0v) is 14.2. The van der Waals surface area contributed by atoms with Crippen LogP contribution in [-0.2, 0) is 28.9 Å². The fourth-order valence-corrected chi connectivity index (χ4v) is 3.46. The third-order valence-electron chi connectivity index (χ3n) is 4.97. The van der Waals surface area contributed by atoms with Crippen LogP contribution in [0.25, 0.3) is 0 Å². The van der Waals surface area contributed by atoms with Gasteiger partial charge >= 0.3 is 0 Å². The van der Waals surface area contributed by atoms with E-state index in [0.717, 1.165) is 68.3 Å². The Bertz CT molecular complexity index is 721. The number of amides is 1. The summed E-state index contributed by atoms with van der Waals surface area (Å²) in [5.74, 6) is 1.10. The molecule has 1 fully saturated rings. The SMILES string of the molecule is O=C(NCc1ccc(N2CCOCC2)nc1)C1CCc2nc[nH]c2C1. The molecule has 2 aromatic rings. The van der Waals surface area contributed by atoms with Crippen LogP contribution < -0.4 is 10.2 Å². The zero-order valence-electron chi connectivity index (χ0n) is 14.2. The molecule has 3 heterocycles. The molecule has 132 valence electrons. The van der Waals surface area contributed by atoms with Gasteiger partial charge in [0, 0.05) is 43.9 Å². The fraction of sp³-hybridized carbons (Fsp3) is 0.500. The van der Waals surface area contributed by atoms with Crippen molar-refractivity contribution in [2.24, 2.45) is 5.92 Å². The summed E-state index contributed by atoms with van der Waals surface area (Å²) in [6.07, 6.45) is 6.03. The molecule has 1 amide bonds. The van der Waals surface area contributed by atoms with E-state index in [4.69, 9.17) is 4.74 Å². The van der Waals surface area contributed by atoms with E-state index in [0.29, 0.717) is 6.54 Å². The summed E-state index contributed by atoms with van der Waals surface area (Å²) in [4.78, 5) is 26.6. The van der Waals surface area contributed by atoms with Crippen molar-refractivity contribution in [3.63, 3.8) is 0 Å². The molecule has 4 rings (SSSR count). The first kappa shape index (κ1) is 16.1. The van der Waals surface area contributed by atoms with Gasteiger partial charge in [-0.25, -0.2) is 9.97 Å². The number of hydrogen-bond acceptors (Lipinski definition) is 5. The topological polar surface area (TPSA) is 83.1 Å². The van der Waals surface area contributed by atoms with E-state index in [1.54, 1.807) is 6.33 Å². The molecule has 2 aliphatic rings. The van der Waals surface area contributed by atoms with Crippen LogP contribution in [0.3, 0.4) is 0 Å². The molecule has 1 atom stereocenters. The molecule has 0 spiro atoms. The molecular formula is C18H23N5O2. The van der Waals surface area contributed by atoms with Crippen molar-refractivity contribution < 1.29 is 9.53 Å². The molecular weight excluding hydrogens is 318 g/mol. The van der Waals surface area contributed by atoms with Gasteiger partial charge < -0.3 is 19.9 Å². The minimum Gasteiger partial charge on any atom is -0.378 e. The highest BCUT2D eigenvalue weighted by molar-refractivity contribution is 5.79. The Morgan fingerprint density at radius 1 is 1.32 bits per heavy atom. The largest absolute Gasteiger partial charge is 0.378 e. The molecule has 0 aromatic carbocycles. The average Bonchev–Trinajstić information content (AvgIpc) is 3.15. The quantitative estimate of drug-likeness (QED) is 0.869. The number of aromatic amines is 1. The number of anilines is 1. The average molecular weight is 341 g/mol. The minimum absolute atomic E-state index is 0.0218. The summed E-state index contributed by atoms with van der Waals surface area (Å²) < 4.78 is 5.36. The maximum absolute atomic E-state index is 12.4. The van der Waals surface area contributed by atoms with E-state index in [9.17, 15) is 4.79 Å². The number of ether oxygens (including phenoxy) is 1. The van der Waals surface area contributed by atoms with E-state index in [1.165, 1.54) is 0 Å². The van der Waals surface area contributed by atoms with Gasteiger partial charge in [-0.2, -0.15) is 0 Å². The van der Waals surface area contributed by atoms with E-state index >= 15 is 0 Å². The number of imidazole rings is 1. The molecule has 7 nitrogen and oxygen atoms in total. The Balaban J connectivity index is 1.30. The van der Waals surface area contributed by atoms with Crippen LogP contribution in [0.5, 0.6) is 0 Å². The van der Waals surface area contributed by atoms with Crippen LogP contribution in [0.15, 0.2) is 24.7 Å². The summed E-state index contributed by atoms with van der Waals surface area (Å²) in [5.41, 5.74) is 3.22. The van der Waals surface area contributed by atoms with E-state index in [-0.39, 0.29) is 11.8 Å². The van der Waals surface area contributed by atoms with Gasteiger partial charge in [0.15, 0.2) is 0 Å². The van der Waals surface area contributed by atoms with Crippen molar-refractivity contribution in [3.05, 3.63) is 41.6 Å². The molecule has 0 radical (unpaired) electrons. The van der Waals surface area contributed by atoms with Crippen LogP contribution >= 0.6 is 0 Å². The molecule has 7 heteroatoms. The summed E-state index contributed by atoms with van der Waals surface area (Å²) >= 11 is 0. The van der Waals surface area contributed by atoms with E-state index in [1.807, 2.05) is 18.3 Å². The lowest BCUT2D eigenvalue weighted by molar-refractivity contribution is -0.125. The lowest BCUT2D eigenvalue weighted by Gasteiger charge is -2.27. The first-order valence-corrected chi connectivity index (χ1v) is 8.86. The van der Waals surface area contributed by atoms with Gasteiger partial charge in [0.25, 0.3) is 0 Å². The van der Waals surface area contributed by atoms with Crippen molar-refractivity contribution in [2.75, 3.05) is 31.2 Å². The standard InChI is InChI=1S/C18H23N5O2/c24-18(14-2-3-15-16(9-14)22-12-21-15)20-11-13-1-4-17(19-10-13)23-5-7-25-8-6-23/h1,4,10,12,14H,2-3,5-9,11H2,(H,20,24)(H,21,22). The first-order valence-electron chi connectivity index (χ1n) is 8.86. The lowest BCUT2D eigenvalue weighted by atomic mass is 9.89. The molecule has 1 aliphatic heterocycles. The maximum atomic E-state index is 12.4. The van der Waals surface area contributed by atoms with Gasteiger partial charge in [-0.1, -0.05) is 6.07 Å². The number of pyridine rings is 1. The normalized spacial score (nSPS) is 20.2. The highest BCUT2D eigenvalue weighted by Gasteiger charge is 2.25. The molecule has 0 saturated carbocycles. The summed E-state index contributed by atoms with van der Waals surface area (Å²) in [6.45, 7) is 3.76. The number of carbonyl (C=O) groups is 1. The predicted octanol–water partition coefficient (Wildman–Crippen LogP) is 1.06. The highest BCUT2D eigenvalue weighted by Crippen LogP contribution is 2.23. The number of fused-ring (bicyclic) bond motifs is 1. The second-order valence-corrected chi connectivity index (χ2v) is 6.61. The lowest BCUT2D eigenvalue weighted by Crippen LogP contribution is -2.36. The zero-order chi connectivity index (χ0) is 17.1. The van der Waals surface area contributed by atoms with Crippen molar-refractivity contribution in [1.82, 2.24) is 20.3 Å². The fourth-order valence-electron chi connectivity index (χ4n) is 3.46. The number of H-pyrrole nitrogens is 1. The summed E-state index contributed by atoms with van der Waals surface area (Å²) in [5, 5.41) is 3.04. The van der Waals surface area contributed by atoms with Crippen LogP contribution in [0.4, 0.5) is 5.82 Å². The number of aromatic nitrogens is 3. The number of carbonyl (C=O) groups excluding carboxylic acids is 1. The Labute approximate surface area is 146 Å². The van der Waals surface area contributed by atoms with Gasteiger partial charge in [-0.05, 0) is 24.5 Å². The Morgan fingerprint density at radius 2 is 2.20 bits per heavy atom. The Kier molecular flexibility index (Phi) is 4.65. The van der Waals surface area contributed by atoms with Crippen LogP contribution in [0, 0.1) is 5.92 Å². The van der Waals surface area contributed by atoms with Gasteiger partial charge in [0.1, 0.15) is 5.82 Å². The third-order valence-corrected chi connectivity index (χ3v) is 4.97. The van der Waals surface area contributed by atoms with Gasteiger partial charge in [0.05, 0.1) is 25.2 Å². The van der Waals surface area contributed by atoms with Gasteiger partial charge in [0.2, 0.25) is 5.91 Å². The van der Waals surface area contributed by atoms with E-state index < -0.39 is 0 Å².